The first kappa shape index (κ1) is 16.1. The molecule has 2 aromatic rings. The number of nitrogens with one attached hydrogen (secondary N) is 1. The van der Waals surface area contributed by atoms with E-state index in [4.69, 9.17) is 27.9 Å². The fraction of sp³-hybridized carbons (Fsp3) is 0.286. The fourth-order valence-corrected chi connectivity index (χ4v) is 4.32. The van der Waals surface area contributed by atoms with Crippen molar-refractivity contribution in [3.05, 3.63) is 48.5 Å². The molecule has 108 valence electrons. The van der Waals surface area contributed by atoms with Crippen molar-refractivity contribution in [1.29, 1.82) is 0 Å². The van der Waals surface area contributed by atoms with E-state index < -0.39 is 0 Å². The van der Waals surface area contributed by atoms with E-state index in [1.54, 1.807) is 18.4 Å². The van der Waals surface area contributed by atoms with Crippen LogP contribution in [0.15, 0.2) is 28.1 Å². The SMILES string of the molecule is CCNC(c1cc(Cl)cc(Br)c1OC)c1sccc1Cl. The Bertz CT molecular complexity index is 603. The monoisotopic (exact) mass is 393 g/mol. The van der Waals surface area contributed by atoms with Gasteiger partial charge >= 0.3 is 0 Å². The van der Waals surface area contributed by atoms with Gasteiger partial charge in [0.05, 0.1) is 22.6 Å². The van der Waals surface area contributed by atoms with Crippen molar-refractivity contribution in [1.82, 2.24) is 5.32 Å². The summed E-state index contributed by atoms with van der Waals surface area (Å²) in [6.45, 7) is 2.87. The van der Waals surface area contributed by atoms with Crippen LogP contribution in [0.25, 0.3) is 0 Å². The number of halogens is 3. The summed E-state index contributed by atoms with van der Waals surface area (Å²) >= 11 is 17.6. The van der Waals surface area contributed by atoms with Gasteiger partial charge in [0.2, 0.25) is 0 Å². The molecule has 0 aliphatic heterocycles. The molecule has 1 aromatic carbocycles. The van der Waals surface area contributed by atoms with E-state index in [-0.39, 0.29) is 6.04 Å². The molecule has 0 bridgehead atoms. The zero-order valence-electron chi connectivity index (χ0n) is 11.0. The molecular weight excluding hydrogens is 381 g/mol. The second-order valence-electron chi connectivity index (χ2n) is 4.13. The highest BCUT2D eigenvalue weighted by Gasteiger charge is 2.23. The second kappa shape index (κ2) is 7.14. The van der Waals surface area contributed by atoms with E-state index in [0.29, 0.717) is 5.02 Å². The molecule has 0 saturated heterocycles. The maximum atomic E-state index is 6.28. The summed E-state index contributed by atoms with van der Waals surface area (Å²) in [5.74, 6) is 0.768. The molecule has 2 nitrogen and oxygen atoms in total. The Kier molecular flexibility index (Phi) is 5.75. The first-order valence-corrected chi connectivity index (χ1v) is 8.50. The Morgan fingerprint density at radius 2 is 2.15 bits per heavy atom. The number of benzene rings is 1. The minimum absolute atomic E-state index is 0.0440. The van der Waals surface area contributed by atoms with Crippen LogP contribution in [0.3, 0.4) is 0 Å². The summed E-state index contributed by atoms with van der Waals surface area (Å²) in [7, 11) is 1.65. The van der Waals surface area contributed by atoms with E-state index in [0.717, 1.165) is 32.2 Å². The number of hydrogen-bond donors (Lipinski definition) is 1. The zero-order chi connectivity index (χ0) is 14.7. The van der Waals surface area contributed by atoms with Crippen LogP contribution in [0, 0.1) is 0 Å². The summed E-state index contributed by atoms with van der Waals surface area (Å²) < 4.78 is 6.34. The van der Waals surface area contributed by atoms with E-state index in [9.17, 15) is 0 Å². The molecule has 1 N–H and O–H groups in total. The molecule has 0 radical (unpaired) electrons. The van der Waals surface area contributed by atoms with Crippen molar-refractivity contribution in [2.75, 3.05) is 13.7 Å². The molecule has 6 heteroatoms. The Hall–Kier alpha value is -0.260. The van der Waals surface area contributed by atoms with Crippen molar-refractivity contribution in [3.8, 4) is 5.75 Å². The maximum absolute atomic E-state index is 6.28. The smallest absolute Gasteiger partial charge is 0.138 e. The molecule has 0 spiro atoms. The molecular formula is C14H14BrCl2NOS. The third kappa shape index (κ3) is 3.31. The van der Waals surface area contributed by atoms with Gasteiger partial charge in [-0.05, 0) is 46.1 Å². The van der Waals surface area contributed by atoms with Crippen molar-refractivity contribution in [2.45, 2.75) is 13.0 Å². The van der Waals surface area contributed by atoms with Gasteiger partial charge in [0, 0.05) is 15.5 Å². The highest BCUT2D eigenvalue weighted by atomic mass is 79.9. The molecule has 1 atom stereocenters. The molecule has 2 rings (SSSR count). The molecule has 0 saturated carbocycles. The molecule has 1 unspecified atom stereocenters. The maximum Gasteiger partial charge on any atom is 0.138 e. The van der Waals surface area contributed by atoms with Gasteiger partial charge in [-0.15, -0.1) is 11.3 Å². The summed E-state index contributed by atoms with van der Waals surface area (Å²) in [4.78, 5) is 1.06. The molecule has 1 aromatic heterocycles. The van der Waals surface area contributed by atoms with Crippen LogP contribution in [0.5, 0.6) is 5.75 Å². The number of thiophene rings is 1. The largest absolute Gasteiger partial charge is 0.495 e. The van der Waals surface area contributed by atoms with Gasteiger partial charge in [0.1, 0.15) is 5.75 Å². The van der Waals surface area contributed by atoms with Crippen molar-refractivity contribution in [3.63, 3.8) is 0 Å². The standard InChI is InChI=1S/C14H14BrCl2NOS/c1-3-18-12(14-11(17)4-5-20-14)9-6-8(16)7-10(15)13(9)19-2/h4-7,12,18H,3H2,1-2H3. The molecule has 0 aliphatic carbocycles. The second-order valence-corrected chi connectivity index (χ2v) is 6.78. The van der Waals surface area contributed by atoms with Crippen LogP contribution in [-0.4, -0.2) is 13.7 Å². The van der Waals surface area contributed by atoms with Gasteiger partial charge in [-0.2, -0.15) is 0 Å². The number of hydrogen-bond acceptors (Lipinski definition) is 3. The lowest BCUT2D eigenvalue weighted by atomic mass is 10.0. The first-order chi connectivity index (χ1) is 9.58. The number of ether oxygens (including phenoxy) is 1. The third-order valence-electron chi connectivity index (χ3n) is 2.87. The number of methoxy groups -OCH3 is 1. The molecule has 0 aliphatic rings. The van der Waals surface area contributed by atoms with Gasteiger partial charge in [0.15, 0.2) is 0 Å². The van der Waals surface area contributed by atoms with Crippen LogP contribution >= 0.6 is 50.5 Å². The van der Waals surface area contributed by atoms with Crippen molar-refractivity contribution >= 4 is 50.5 Å². The summed E-state index contributed by atoms with van der Waals surface area (Å²) in [5, 5.41) is 6.82. The van der Waals surface area contributed by atoms with Crippen LogP contribution in [0.4, 0.5) is 0 Å². The zero-order valence-corrected chi connectivity index (χ0v) is 15.0. The Labute approximate surface area is 141 Å². The van der Waals surface area contributed by atoms with Gasteiger partial charge in [-0.1, -0.05) is 30.1 Å². The molecule has 0 amide bonds. The number of rotatable bonds is 5. The minimum atomic E-state index is -0.0440. The summed E-state index contributed by atoms with van der Waals surface area (Å²) in [5.41, 5.74) is 0.970. The summed E-state index contributed by atoms with van der Waals surface area (Å²) in [6.07, 6.45) is 0. The Balaban J connectivity index is 2.58. The van der Waals surface area contributed by atoms with Crippen molar-refractivity contribution in [2.24, 2.45) is 0 Å². The highest BCUT2D eigenvalue weighted by Crippen LogP contribution is 2.41. The highest BCUT2D eigenvalue weighted by molar-refractivity contribution is 9.10. The Morgan fingerprint density at radius 3 is 2.70 bits per heavy atom. The third-order valence-corrected chi connectivity index (χ3v) is 5.10. The van der Waals surface area contributed by atoms with E-state index in [2.05, 4.69) is 28.2 Å². The summed E-state index contributed by atoms with van der Waals surface area (Å²) in [6, 6.07) is 5.59. The topological polar surface area (TPSA) is 21.3 Å². The van der Waals surface area contributed by atoms with Gasteiger partial charge in [-0.3, -0.25) is 0 Å². The molecule has 1 heterocycles. The fourth-order valence-electron chi connectivity index (χ4n) is 2.07. The minimum Gasteiger partial charge on any atom is -0.495 e. The normalized spacial score (nSPS) is 12.4. The lowest BCUT2D eigenvalue weighted by Crippen LogP contribution is -2.22. The van der Waals surface area contributed by atoms with E-state index >= 15 is 0 Å². The Morgan fingerprint density at radius 1 is 1.40 bits per heavy atom. The van der Waals surface area contributed by atoms with E-state index in [1.807, 2.05) is 23.6 Å². The lowest BCUT2D eigenvalue weighted by Gasteiger charge is -2.21. The van der Waals surface area contributed by atoms with Gasteiger partial charge in [0.25, 0.3) is 0 Å². The first-order valence-electron chi connectivity index (χ1n) is 6.07. The van der Waals surface area contributed by atoms with Gasteiger partial charge in [-0.25, -0.2) is 0 Å². The van der Waals surface area contributed by atoms with E-state index in [1.165, 1.54) is 0 Å². The van der Waals surface area contributed by atoms with Crippen LogP contribution in [0.2, 0.25) is 10.0 Å². The van der Waals surface area contributed by atoms with Crippen LogP contribution in [0.1, 0.15) is 23.4 Å². The van der Waals surface area contributed by atoms with Crippen LogP contribution < -0.4 is 10.1 Å². The van der Waals surface area contributed by atoms with Gasteiger partial charge < -0.3 is 10.1 Å². The molecule has 0 fully saturated rings. The predicted molar refractivity (Wildman–Crippen MR) is 90.6 cm³/mol. The van der Waals surface area contributed by atoms with Crippen LogP contribution in [-0.2, 0) is 0 Å². The van der Waals surface area contributed by atoms with Crippen molar-refractivity contribution < 1.29 is 4.74 Å². The lowest BCUT2D eigenvalue weighted by molar-refractivity contribution is 0.402. The molecule has 20 heavy (non-hydrogen) atoms. The average Bonchev–Trinajstić information content (AvgIpc) is 2.81. The predicted octanol–water partition coefficient (Wildman–Crippen LogP) is 5.52. The average molecular weight is 395 g/mol. The quantitative estimate of drug-likeness (QED) is 0.720.